The number of aryl methyl sites for hydroxylation is 1. The Labute approximate surface area is 124 Å². The summed E-state index contributed by atoms with van der Waals surface area (Å²) in [4.78, 5) is 0. The van der Waals surface area contributed by atoms with Crippen LogP contribution in [0.15, 0.2) is 36.4 Å². The molecule has 4 heteroatoms. The van der Waals surface area contributed by atoms with Gasteiger partial charge in [0.25, 0.3) is 0 Å². The molecule has 0 aliphatic rings. The summed E-state index contributed by atoms with van der Waals surface area (Å²) in [6.07, 6.45) is -0.791. The minimum Gasteiger partial charge on any atom is -0.497 e. The van der Waals surface area contributed by atoms with Gasteiger partial charge in [0.05, 0.1) is 21.3 Å². The minimum atomic E-state index is -0.791. The van der Waals surface area contributed by atoms with Crippen LogP contribution in [-0.4, -0.2) is 26.4 Å². The van der Waals surface area contributed by atoms with Crippen molar-refractivity contribution in [1.82, 2.24) is 0 Å². The molecule has 0 spiro atoms. The molecule has 0 saturated carbocycles. The molecule has 1 unspecified atom stereocenters. The fourth-order valence-corrected chi connectivity index (χ4v) is 2.23. The number of ether oxygens (including phenoxy) is 3. The van der Waals surface area contributed by atoms with E-state index in [2.05, 4.69) is 0 Å². The standard InChI is InChI=1S/C17H20O4/c1-11-5-6-12(9-15(11)20-3)17(18)14-8-7-13(19-2)10-16(14)21-4/h5-10,17-18H,1-4H3. The molecule has 21 heavy (non-hydrogen) atoms. The Morgan fingerprint density at radius 2 is 1.57 bits per heavy atom. The van der Waals surface area contributed by atoms with Crippen LogP contribution in [0.2, 0.25) is 0 Å². The summed E-state index contributed by atoms with van der Waals surface area (Å²) in [5.74, 6) is 2.02. The van der Waals surface area contributed by atoms with E-state index in [1.54, 1.807) is 39.5 Å². The second-order valence-corrected chi connectivity index (χ2v) is 4.74. The van der Waals surface area contributed by atoms with Gasteiger partial charge in [-0.05, 0) is 36.2 Å². The number of hydrogen-bond donors (Lipinski definition) is 1. The van der Waals surface area contributed by atoms with Crippen LogP contribution in [0.5, 0.6) is 17.2 Å². The topological polar surface area (TPSA) is 47.9 Å². The van der Waals surface area contributed by atoms with Gasteiger partial charge >= 0.3 is 0 Å². The third kappa shape index (κ3) is 3.11. The third-order valence-electron chi connectivity index (χ3n) is 3.48. The molecule has 2 rings (SSSR count). The van der Waals surface area contributed by atoms with Gasteiger partial charge in [0.2, 0.25) is 0 Å². The van der Waals surface area contributed by atoms with E-state index < -0.39 is 6.10 Å². The Kier molecular flexibility index (Phi) is 4.70. The molecule has 1 N–H and O–H groups in total. The molecule has 1 atom stereocenters. The highest BCUT2D eigenvalue weighted by molar-refractivity contribution is 5.47. The predicted octanol–water partition coefficient (Wildman–Crippen LogP) is 3.10. The van der Waals surface area contributed by atoms with Crippen LogP contribution in [0.4, 0.5) is 0 Å². The third-order valence-corrected chi connectivity index (χ3v) is 3.48. The van der Waals surface area contributed by atoms with E-state index >= 15 is 0 Å². The largest absolute Gasteiger partial charge is 0.497 e. The van der Waals surface area contributed by atoms with Crippen LogP contribution in [0.3, 0.4) is 0 Å². The van der Waals surface area contributed by atoms with Crippen LogP contribution >= 0.6 is 0 Å². The minimum absolute atomic E-state index is 0.585. The molecule has 2 aromatic carbocycles. The summed E-state index contributed by atoms with van der Waals surface area (Å²) in [5, 5.41) is 10.6. The summed E-state index contributed by atoms with van der Waals surface area (Å²) in [5.41, 5.74) is 2.46. The Bertz CT molecular complexity index is 622. The highest BCUT2D eigenvalue weighted by Crippen LogP contribution is 2.34. The Balaban J connectivity index is 2.41. The van der Waals surface area contributed by atoms with Gasteiger partial charge < -0.3 is 19.3 Å². The zero-order valence-electron chi connectivity index (χ0n) is 12.7. The lowest BCUT2D eigenvalue weighted by Gasteiger charge is -2.17. The van der Waals surface area contributed by atoms with Crippen LogP contribution in [-0.2, 0) is 0 Å². The maximum absolute atomic E-state index is 10.6. The van der Waals surface area contributed by atoms with E-state index in [-0.39, 0.29) is 0 Å². The second-order valence-electron chi connectivity index (χ2n) is 4.74. The Morgan fingerprint density at radius 3 is 2.19 bits per heavy atom. The lowest BCUT2D eigenvalue weighted by molar-refractivity contribution is 0.214. The van der Waals surface area contributed by atoms with Crippen molar-refractivity contribution in [3.8, 4) is 17.2 Å². The van der Waals surface area contributed by atoms with Gasteiger partial charge in [0.1, 0.15) is 23.4 Å². The van der Waals surface area contributed by atoms with E-state index in [0.29, 0.717) is 17.1 Å². The Hall–Kier alpha value is -2.20. The maximum atomic E-state index is 10.6. The molecule has 0 aliphatic heterocycles. The van der Waals surface area contributed by atoms with Crippen LogP contribution < -0.4 is 14.2 Å². The monoisotopic (exact) mass is 288 g/mol. The molecular weight excluding hydrogens is 268 g/mol. The first-order valence-electron chi connectivity index (χ1n) is 6.65. The van der Waals surface area contributed by atoms with Crippen molar-refractivity contribution < 1.29 is 19.3 Å². The van der Waals surface area contributed by atoms with Crippen molar-refractivity contribution in [2.24, 2.45) is 0 Å². The smallest absolute Gasteiger partial charge is 0.128 e. The molecule has 0 aliphatic carbocycles. The average molecular weight is 288 g/mol. The summed E-state index contributed by atoms with van der Waals surface area (Å²) in [6, 6.07) is 11.0. The van der Waals surface area contributed by atoms with Gasteiger partial charge in [-0.2, -0.15) is 0 Å². The van der Waals surface area contributed by atoms with Gasteiger partial charge in [-0.1, -0.05) is 12.1 Å². The fraction of sp³-hybridized carbons (Fsp3) is 0.294. The number of hydrogen-bond acceptors (Lipinski definition) is 4. The molecular formula is C17H20O4. The van der Waals surface area contributed by atoms with E-state index in [0.717, 1.165) is 16.9 Å². The van der Waals surface area contributed by atoms with Gasteiger partial charge in [-0.25, -0.2) is 0 Å². The molecule has 0 aromatic heterocycles. The fourth-order valence-electron chi connectivity index (χ4n) is 2.23. The number of aliphatic hydroxyl groups is 1. The normalized spacial score (nSPS) is 11.9. The van der Waals surface area contributed by atoms with E-state index in [9.17, 15) is 5.11 Å². The highest BCUT2D eigenvalue weighted by atomic mass is 16.5. The van der Waals surface area contributed by atoms with Crippen molar-refractivity contribution in [2.75, 3.05) is 21.3 Å². The van der Waals surface area contributed by atoms with Crippen LogP contribution in [0.1, 0.15) is 22.8 Å². The Morgan fingerprint density at radius 1 is 0.857 bits per heavy atom. The number of methoxy groups -OCH3 is 3. The zero-order valence-corrected chi connectivity index (χ0v) is 12.7. The molecule has 4 nitrogen and oxygen atoms in total. The van der Waals surface area contributed by atoms with E-state index in [1.807, 2.05) is 25.1 Å². The number of aliphatic hydroxyl groups excluding tert-OH is 1. The molecule has 0 fully saturated rings. The van der Waals surface area contributed by atoms with Gasteiger partial charge in [-0.15, -0.1) is 0 Å². The molecule has 112 valence electrons. The predicted molar refractivity (Wildman–Crippen MR) is 81.3 cm³/mol. The SMILES string of the molecule is COc1ccc(C(O)c2ccc(C)c(OC)c2)c(OC)c1. The first kappa shape index (κ1) is 15.2. The zero-order chi connectivity index (χ0) is 15.4. The lowest BCUT2D eigenvalue weighted by atomic mass is 9.99. The average Bonchev–Trinajstić information content (AvgIpc) is 2.54. The summed E-state index contributed by atoms with van der Waals surface area (Å²) in [7, 11) is 4.78. The van der Waals surface area contributed by atoms with Crippen molar-refractivity contribution in [1.29, 1.82) is 0 Å². The molecule has 0 amide bonds. The van der Waals surface area contributed by atoms with Crippen LogP contribution in [0, 0.1) is 6.92 Å². The lowest BCUT2D eigenvalue weighted by Crippen LogP contribution is -2.03. The molecule has 2 aromatic rings. The van der Waals surface area contributed by atoms with Crippen molar-refractivity contribution in [3.05, 3.63) is 53.1 Å². The molecule has 0 bridgehead atoms. The number of benzene rings is 2. The van der Waals surface area contributed by atoms with Crippen LogP contribution in [0.25, 0.3) is 0 Å². The summed E-state index contributed by atoms with van der Waals surface area (Å²) in [6.45, 7) is 1.96. The number of rotatable bonds is 5. The van der Waals surface area contributed by atoms with Crippen molar-refractivity contribution in [2.45, 2.75) is 13.0 Å². The summed E-state index contributed by atoms with van der Waals surface area (Å²) < 4.78 is 15.8. The first-order valence-corrected chi connectivity index (χ1v) is 6.65. The van der Waals surface area contributed by atoms with Gasteiger partial charge in [-0.3, -0.25) is 0 Å². The second kappa shape index (κ2) is 6.50. The van der Waals surface area contributed by atoms with Gasteiger partial charge in [0, 0.05) is 11.6 Å². The molecule has 0 heterocycles. The molecule has 0 saturated heterocycles. The van der Waals surface area contributed by atoms with Crippen molar-refractivity contribution in [3.63, 3.8) is 0 Å². The first-order chi connectivity index (χ1) is 10.1. The van der Waals surface area contributed by atoms with E-state index in [4.69, 9.17) is 14.2 Å². The van der Waals surface area contributed by atoms with E-state index in [1.165, 1.54) is 0 Å². The van der Waals surface area contributed by atoms with Crippen molar-refractivity contribution >= 4 is 0 Å². The summed E-state index contributed by atoms with van der Waals surface area (Å²) >= 11 is 0. The van der Waals surface area contributed by atoms with Gasteiger partial charge in [0.15, 0.2) is 0 Å². The maximum Gasteiger partial charge on any atom is 0.128 e. The quantitative estimate of drug-likeness (QED) is 0.918. The highest BCUT2D eigenvalue weighted by Gasteiger charge is 2.17. The molecule has 0 radical (unpaired) electrons.